The van der Waals surface area contributed by atoms with Crippen LogP contribution in [0.5, 0.6) is 0 Å². The molecule has 1 atom stereocenters. The second-order valence-electron chi connectivity index (χ2n) is 6.74. The minimum absolute atomic E-state index is 0.246. The van der Waals surface area contributed by atoms with Crippen LogP contribution in [0.4, 0.5) is 16.4 Å². The summed E-state index contributed by atoms with van der Waals surface area (Å²) in [6.45, 7) is 7.73. The molecular formula is C15H24BrN5O2. The first-order valence-electron chi connectivity index (χ1n) is 7.74. The number of piperidine rings is 1. The molecule has 0 saturated carbocycles. The Morgan fingerprint density at radius 2 is 2.30 bits per heavy atom. The number of aromatic nitrogens is 2. The second-order valence-corrected chi connectivity index (χ2v) is 7.55. The molecule has 1 aromatic rings. The molecule has 0 bridgehead atoms. The van der Waals surface area contributed by atoms with E-state index in [9.17, 15) is 4.79 Å². The van der Waals surface area contributed by atoms with Crippen LogP contribution in [0.15, 0.2) is 10.8 Å². The summed E-state index contributed by atoms with van der Waals surface area (Å²) < 4.78 is 6.07. The van der Waals surface area contributed by atoms with Gasteiger partial charge in [-0.25, -0.2) is 14.8 Å². The van der Waals surface area contributed by atoms with Crippen molar-refractivity contribution in [3.05, 3.63) is 10.8 Å². The normalized spacial score (nSPS) is 18.6. The molecule has 2 heterocycles. The van der Waals surface area contributed by atoms with Gasteiger partial charge in [0.25, 0.3) is 0 Å². The van der Waals surface area contributed by atoms with E-state index in [1.165, 1.54) is 0 Å². The quantitative estimate of drug-likeness (QED) is 0.830. The lowest BCUT2D eigenvalue weighted by atomic mass is 9.98. The molecular weight excluding hydrogens is 362 g/mol. The number of hydrogen-bond acceptors (Lipinski definition) is 6. The number of carbonyl (C=O) groups excluding carboxylic acids is 1. The largest absolute Gasteiger partial charge is 0.444 e. The molecule has 128 valence electrons. The number of amides is 1. The minimum Gasteiger partial charge on any atom is -0.444 e. The number of halogens is 1. The van der Waals surface area contributed by atoms with Crippen molar-refractivity contribution < 1.29 is 9.53 Å². The minimum atomic E-state index is -0.470. The number of nitrogens with zero attached hydrogens (tertiary/aromatic N) is 3. The lowest BCUT2D eigenvalue weighted by Gasteiger charge is -2.34. The number of anilines is 2. The summed E-state index contributed by atoms with van der Waals surface area (Å²) >= 11 is 3.28. The fourth-order valence-electron chi connectivity index (χ4n) is 2.47. The number of nitrogens with two attached hydrogens (primary N) is 1. The van der Waals surface area contributed by atoms with Crippen LogP contribution >= 0.6 is 15.9 Å². The van der Waals surface area contributed by atoms with Gasteiger partial charge in [0.15, 0.2) is 11.6 Å². The number of rotatable bonds is 3. The van der Waals surface area contributed by atoms with Crippen molar-refractivity contribution in [3.8, 4) is 0 Å². The summed E-state index contributed by atoms with van der Waals surface area (Å²) in [6.07, 6.45) is 3.33. The molecule has 0 unspecified atom stereocenters. The predicted octanol–water partition coefficient (Wildman–Crippen LogP) is 2.88. The Morgan fingerprint density at radius 1 is 1.57 bits per heavy atom. The molecule has 1 saturated heterocycles. The summed E-state index contributed by atoms with van der Waals surface area (Å²) in [6, 6.07) is 0. The third-order valence-corrected chi connectivity index (χ3v) is 3.88. The summed E-state index contributed by atoms with van der Waals surface area (Å²) in [7, 11) is 0. The molecule has 0 spiro atoms. The SMILES string of the molecule is CC(C)(C)OC(=O)N1CCC[C@H](CNc2nc(Br)cnc2N)C1. The van der Waals surface area contributed by atoms with Crippen LogP contribution in [0.3, 0.4) is 0 Å². The van der Waals surface area contributed by atoms with E-state index in [-0.39, 0.29) is 6.09 Å². The van der Waals surface area contributed by atoms with E-state index in [0.717, 1.165) is 19.4 Å². The third kappa shape index (κ3) is 5.53. The molecule has 0 aliphatic carbocycles. The lowest BCUT2D eigenvalue weighted by molar-refractivity contribution is 0.0172. The highest BCUT2D eigenvalue weighted by Gasteiger charge is 2.27. The van der Waals surface area contributed by atoms with Crippen LogP contribution in [0.2, 0.25) is 0 Å². The molecule has 0 radical (unpaired) electrons. The first-order valence-corrected chi connectivity index (χ1v) is 8.54. The van der Waals surface area contributed by atoms with Crippen molar-refractivity contribution in [3.63, 3.8) is 0 Å². The standard InChI is InChI=1S/C15H24BrN5O2/c1-15(2,3)23-14(22)21-6-4-5-10(9-21)7-19-13-12(17)18-8-11(16)20-13/h8,10H,4-7,9H2,1-3H3,(H2,17,18)(H,19,20)/t10-/m1/s1. The highest BCUT2D eigenvalue weighted by Crippen LogP contribution is 2.21. The number of ether oxygens (including phenoxy) is 1. The van der Waals surface area contributed by atoms with E-state index in [4.69, 9.17) is 10.5 Å². The Hall–Kier alpha value is -1.57. The van der Waals surface area contributed by atoms with E-state index in [1.807, 2.05) is 20.8 Å². The molecule has 3 N–H and O–H groups in total. The molecule has 8 heteroatoms. The van der Waals surface area contributed by atoms with Crippen LogP contribution in [-0.2, 0) is 4.74 Å². The number of hydrogen-bond donors (Lipinski definition) is 2. The monoisotopic (exact) mass is 385 g/mol. The average Bonchev–Trinajstić information content (AvgIpc) is 2.47. The number of likely N-dealkylation sites (tertiary alicyclic amines) is 1. The van der Waals surface area contributed by atoms with Crippen molar-refractivity contribution in [1.82, 2.24) is 14.9 Å². The number of nitrogen functional groups attached to an aromatic ring is 1. The van der Waals surface area contributed by atoms with Gasteiger partial charge in [0.1, 0.15) is 10.2 Å². The maximum Gasteiger partial charge on any atom is 0.410 e. The number of nitrogens with one attached hydrogen (secondary N) is 1. The zero-order valence-electron chi connectivity index (χ0n) is 13.8. The molecule has 1 aromatic heterocycles. The zero-order chi connectivity index (χ0) is 17.0. The Balaban J connectivity index is 1.89. The van der Waals surface area contributed by atoms with Crippen molar-refractivity contribution in [2.45, 2.75) is 39.2 Å². The van der Waals surface area contributed by atoms with Gasteiger partial charge in [-0.1, -0.05) is 0 Å². The maximum atomic E-state index is 12.2. The van der Waals surface area contributed by atoms with Crippen LogP contribution in [0.25, 0.3) is 0 Å². The van der Waals surface area contributed by atoms with Gasteiger partial charge in [0.2, 0.25) is 0 Å². The molecule has 1 amide bonds. The van der Waals surface area contributed by atoms with E-state index in [0.29, 0.717) is 35.2 Å². The van der Waals surface area contributed by atoms with Crippen LogP contribution < -0.4 is 11.1 Å². The van der Waals surface area contributed by atoms with Gasteiger partial charge in [0.05, 0.1) is 6.20 Å². The highest BCUT2D eigenvalue weighted by molar-refractivity contribution is 9.10. The Morgan fingerprint density at radius 3 is 3.00 bits per heavy atom. The summed E-state index contributed by atoms with van der Waals surface area (Å²) in [5.41, 5.74) is 5.34. The van der Waals surface area contributed by atoms with Gasteiger partial charge in [-0.05, 0) is 55.5 Å². The molecule has 2 rings (SSSR count). The first-order chi connectivity index (χ1) is 10.7. The molecule has 1 aliphatic rings. The fraction of sp³-hybridized carbons (Fsp3) is 0.667. The van der Waals surface area contributed by atoms with E-state index in [2.05, 4.69) is 31.2 Å². The van der Waals surface area contributed by atoms with Crippen molar-refractivity contribution in [2.75, 3.05) is 30.7 Å². The molecule has 0 aromatic carbocycles. The molecule has 23 heavy (non-hydrogen) atoms. The topological polar surface area (TPSA) is 93.4 Å². The molecule has 1 aliphatic heterocycles. The fourth-order valence-corrected chi connectivity index (χ4v) is 2.75. The van der Waals surface area contributed by atoms with Crippen LogP contribution in [0, 0.1) is 5.92 Å². The Kier molecular flexibility index (Phi) is 5.67. The summed E-state index contributed by atoms with van der Waals surface area (Å²) in [5, 5.41) is 3.22. The van der Waals surface area contributed by atoms with Gasteiger partial charge in [0, 0.05) is 19.6 Å². The van der Waals surface area contributed by atoms with Crippen LogP contribution in [0.1, 0.15) is 33.6 Å². The van der Waals surface area contributed by atoms with Gasteiger partial charge < -0.3 is 20.7 Å². The maximum absolute atomic E-state index is 12.2. The van der Waals surface area contributed by atoms with Crippen molar-refractivity contribution in [1.29, 1.82) is 0 Å². The smallest absolute Gasteiger partial charge is 0.410 e. The van der Waals surface area contributed by atoms with E-state index in [1.54, 1.807) is 11.1 Å². The highest BCUT2D eigenvalue weighted by atomic mass is 79.9. The van der Waals surface area contributed by atoms with Gasteiger partial charge >= 0.3 is 6.09 Å². The summed E-state index contributed by atoms with van der Waals surface area (Å²) in [4.78, 5) is 22.3. The van der Waals surface area contributed by atoms with E-state index < -0.39 is 5.60 Å². The van der Waals surface area contributed by atoms with Crippen molar-refractivity contribution >= 4 is 33.7 Å². The Bertz CT molecular complexity index is 561. The first kappa shape index (κ1) is 17.8. The predicted molar refractivity (Wildman–Crippen MR) is 93.2 cm³/mol. The third-order valence-electron chi connectivity index (χ3n) is 3.50. The van der Waals surface area contributed by atoms with Gasteiger partial charge in [-0.2, -0.15) is 0 Å². The molecule has 1 fully saturated rings. The van der Waals surface area contributed by atoms with E-state index >= 15 is 0 Å². The van der Waals surface area contributed by atoms with Gasteiger partial charge in [-0.15, -0.1) is 0 Å². The second kappa shape index (κ2) is 7.33. The Labute approximate surface area is 145 Å². The average molecular weight is 386 g/mol. The van der Waals surface area contributed by atoms with Crippen LogP contribution in [-0.4, -0.2) is 46.2 Å². The van der Waals surface area contributed by atoms with Gasteiger partial charge in [-0.3, -0.25) is 0 Å². The molecule has 7 nitrogen and oxygen atoms in total. The zero-order valence-corrected chi connectivity index (χ0v) is 15.4. The summed E-state index contributed by atoms with van der Waals surface area (Å²) in [5.74, 6) is 1.26. The number of carbonyl (C=O) groups is 1. The van der Waals surface area contributed by atoms with Crippen molar-refractivity contribution in [2.24, 2.45) is 5.92 Å². The lowest BCUT2D eigenvalue weighted by Crippen LogP contribution is -2.44.